The van der Waals surface area contributed by atoms with E-state index in [1.165, 1.54) is 42.7 Å². The van der Waals surface area contributed by atoms with Crippen LogP contribution >= 0.6 is 0 Å². The van der Waals surface area contributed by atoms with Crippen LogP contribution in [0.4, 0.5) is 5.69 Å². The Labute approximate surface area is 135 Å². The Balaban J connectivity index is 1.60. The van der Waals surface area contributed by atoms with Crippen molar-refractivity contribution in [3.8, 4) is 0 Å². The van der Waals surface area contributed by atoms with E-state index in [4.69, 9.17) is 4.74 Å². The lowest BCUT2D eigenvalue weighted by Gasteiger charge is -2.41. The predicted octanol–water partition coefficient (Wildman–Crippen LogP) is 3.42. The Morgan fingerprint density at radius 1 is 1.05 bits per heavy atom. The van der Waals surface area contributed by atoms with Gasteiger partial charge in [-0.1, -0.05) is 19.9 Å². The summed E-state index contributed by atoms with van der Waals surface area (Å²) in [6.45, 7) is 13.2. The molecule has 0 spiro atoms. The minimum atomic E-state index is 0.612. The molecular formula is C19H30N2O. The van der Waals surface area contributed by atoms with Crippen LogP contribution < -0.4 is 4.90 Å². The van der Waals surface area contributed by atoms with E-state index >= 15 is 0 Å². The van der Waals surface area contributed by atoms with E-state index in [0.717, 1.165) is 32.3 Å². The van der Waals surface area contributed by atoms with Crippen LogP contribution in [-0.2, 0) is 4.74 Å². The van der Waals surface area contributed by atoms with Crippen LogP contribution in [0.25, 0.3) is 0 Å². The molecule has 0 amide bonds. The van der Waals surface area contributed by atoms with E-state index in [1.807, 2.05) is 0 Å². The number of nitrogens with zero attached hydrogens (tertiary/aromatic N) is 2. The third kappa shape index (κ3) is 3.47. The zero-order valence-corrected chi connectivity index (χ0v) is 14.3. The number of benzene rings is 1. The summed E-state index contributed by atoms with van der Waals surface area (Å²) < 4.78 is 5.47. The van der Waals surface area contributed by atoms with Crippen LogP contribution in [0.3, 0.4) is 0 Å². The highest BCUT2D eigenvalue weighted by Crippen LogP contribution is 2.27. The number of ether oxygens (including phenoxy) is 1. The predicted molar refractivity (Wildman–Crippen MR) is 92.9 cm³/mol. The Kier molecular flexibility index (Phi) is 5.04. The molecule has 1 aromatic carbocycles. The van der Waals surface area contributed by atoms with Crippen molar-refractivity contribution in [1.82, 2.24) is 4.90 Å². The van der Waals surface area contributed by atoms with Gasteiger partial charge in [-0.3, -0.25) is 4.90 Å². The summed E-state index contributed by atoms with van der Waals surface area (Å²) in [4.78, 5) is 5.20. The fraction of sp³-hybridized carbons (Fsp3) is 0.684. The molecule has 2 heterocycles. The highest BCUT2D eigenvalue weighted by Gasteiger charge is 2.26. The van der Waals surface area contributed by atoms with Gasteiger partial charge in [-0.25, -0.2) is 0 Å². The zero-order valence-electron chi connectivity index (χ0n) is 14.3. The molecule has 3 heteroatoms. The summed E-state index contributed by atoms with van der Waals surface area (Å²) in [6.07, 6.45) is 2.57. The lowest BCUT2D eigenvalue weighted by atomic mass is 9.96. The first-order valence-corrected chi connectivity index (χ1v) is 8.82. The van der Waals surface area contributed by atoms with Gasteiger partial charge in [0.2, 0.25) is 0 Å². The van der Waals surface area contributed by atoms with E-state index in [9.17, 15) is 0 Å². The third-order valence-electron chi connectivity index (χ3n) is 5.27. The van der Waals surface area contributed by atoms with Crippen LogP contribution in [0.5, 0.6) is 0 Å². The highest BCUT2D eigenvalue weighted by atomic mass is 16.5. The molecule has 0 atom stereocenters. The van der Waals surface area contributed by atoms with E-state index in [-0.39, 0.29) is 0 Å². The van der Waals surface area contributed by atoms with Gasteiger partial charge in [0.15, 0.2) is 0 Å². The van der Waals surface area contributed by atoms with Crippen molar-refractivity contribution in [3.63, 3.8) is 0 Å². The van der Waals surface area contributed by atoms with Crippen molar-refractivity contribution in [2.45, 2.75) is 45.6 Å². The highest BCUT2D eigenvalue weighted by molar-refractivity contribution is 5.51. The van der Waals surface area contributed by atoms with Gasteiger partial charge >= 0.3 is 0 Å². The number of hydrogen-bond donors (Lipinski definition) is 0. The molecule has 0 aliphatic carbocycles. The molecule has 2 fully saturated rings. The molecule has 122 valence electrons. The molecule has 3 rings (SSSR count). The SMILES string of the molecule is Cc1cc(N2CCC(N3CCOCC3)CC2)ccc1C(C)C. The first-order valence-electron chi connectivity index (χ1n) is 8.82. The number of piperidine rings is 1. The molecule has 22 heavy (non-hydrogen) atoms. The molecule has 3 nitrogen and oxygen atoms in total. The number of anilines is 1. The Bertz CT molecular complexity index is 486. The number of rotatable bonds is 3. The van der Waals surface area contributed by atoms with Gasteiger partial charge < -0.3 is 9.64 Å². The quantitative estimate of drug-likeness (QED) is 0.851. The second kappa shape index (κ2) is 7.01. The second-order valence-electron chi connectivity index (χ2n) is 7.06. The molecule has 2 aliphatic heterocycles. The number of aryl methyl sites for hydroxylation is 1. The summed E-state index contributed by atoms with van der Waals surface area (Å²) >= 11 is 0. The maximum Gasteiger partial charge on any atom is 0.0594 e. The first kappa shape index (κ1) is 15.8. The van der Waals surface area contributed by atoms with Gasteiger partial charge in [-0.2, -0.15) is 0 Å². The summed E-state index contributed by atoms with van der Waals surface area (Å²) in [7, 11) is 0. The van der Waals surface area contributed by atoms with Crippen molar-refractivity contribution >= 4 is 5.69 Å². The summed E-state index contributed by atoms with van der Waals surface area (Å²) in [5, 5.41) is 0. The molecule has 0 aromatic heterocycles. The fourth-order valence-corrected chi connectivity index (χ4v) is 3.94. The van der Waals surface area contributed by atoms with Crippen molar-refractivity contribution in [3.05, 3.63) is 29.3 Å². The minimum Gasteiger partial charge on any atom is -0.379 e. The maximum absolute atomic E-state index is 5.47. The van der Waals surface area contributed by atoms with E-state index in [1.54, 1.807) is 0 Å². The Morgan fingerprint density at radius 3 is 2.32 bits per heavy atom. The fourth-order valence-electron chi connectivity index (χ4n) is 3.94. The summed E-state index contributed by atoms with van der Waals surface area (Å²) in [5.74, 6) is 0.612. The first-order chi connectivity index (χ1) is 10.6. The van der Waals surface area contributed by atoms with Crippen molar-refractivity contribution in [2.75, 3.05) is 44.3 Å². The van der Waals surface area contributed by atoms with Crippen LogP contribution in [-0.4, -0.2) is 50.3 Å². The smallest absolute Gasteiger partial charge is 0.0594 e. The molecule has 2 aliphatic rings. The standard InChI is InChI=1S/C19H30N2O/c1-15(2)19-5-4-18(14-16(19)3)20-8-6-17(7-9-20)21-10-12-22-13-11-21/h4-5,14-15,17H,6-13H2,1-3H3. The minimum absolute atomic E-state index is 0.612. The van der Waals surface area contributed by atoms with E-state index < -0.39 is 0 Å². The maximum atomic E-state index is 5.47. The van der Waals surface area contributed by atoms with Crippen LogP contribution in [0.1, 0.15) is 43.7 Å². The van der Waals surface area contributed by atoms with Gasteiger partial charge in [0.25, 0.3) is 0 Å². The average molecular weight is 302 g/mol. The Morgan fingerprint density at radius 2 is 1.73 bits per heavy atom. The molecule has 0 saturated carbocycles. The van der Waals surface area contributed by atoms with Gasteiger partial charge in [0.1, 0.15) is 0 Å². The number of morpholine rings is 1. The van der Waals surface area contributed by atoms with Crippen molar-refractivity contribution in [1.29, 1.82) is 0 Å². The molecular weight excluding hydrogens is 272 g/mol. The average Bonchev–Trinajstić information content (AvgIpc) is 2.55. The Hall–Kier alpha value is -1.06. The lowest BCUT2D eigenvalue weighted by Crippen LogP contribution is -2.49. The second-order valence-corrected chi connectivity index (χ2v) is 7.06. The van der Waals surface area contributed by atoms with Gasteiger partial charge in [-0.15, -0.1) is 0 Å². The topological polar surface area (TPSA) is 15.7 Å². The van der Waals surface area contributed by atoms with Gasteiger partial charge in [0, 0.05) is 37.9 Å². The van der Waals surface area contributed by atoms with Crippen molar-refractivity contribution < 1.29 is 4.74 Å². The molecule has 0 bridgehead atoms. The van der Waals surface area contributed by atoms with Gasteiger partial charge in [0.05, 0.1) is 13.2 Å². The molecule has 2 saturated heterocycles. The van der Waals surface area contributed by atoms with Crippen LogP contribution in [0.15, 0.2) is 18.2 Å². The lowest BCUT2D eigenvalue weighted by molar-refractivity contribution is 0.0115. The largest absolute Gasteiger partial charge is 0.379 e. The van der Waals surface area contributed by atoms with Crippen LogP contribution in [0.2, 0.25) is 0 Å². The third-order valence-corrected chi connectivity index (χ3v) is 5.27. The summed E-state index contributed by atoms with van der Waals surface area (Å²) in [6, 6.07) is 7.78. The normalized spacial score (nSPS) is 21.5. The van der Waals surface area contributed by atoms with Gasteiger partial charge in [-0.05, 0) is 48.9 Å². The zero-order chi connectivity index (χ0) is 15.5. The molecule has 1 aromatic rings. The number of hydrogen-bond acceptors (Lipinski definition) is 3. The van der Waals surface area contributed by atoms with Crippen molar-refractivity contribution in [2.24, 2.45) is 0 Å². The van der Waals surface area contributed by atoms with E-state index in [0.29, 0.717) is 5.92 Å². The summed E-state index contributed by atoms with van der Waals surface area (Å²) in [5.41, 5.74) is 4.32. The molecule has 0 N–H and O–H groups in total. The molecule has 0 unspecified atom stereocenters. The molecule has 0 radical (unpaired) electrons. The monoisotopic (exact) mass is 302 g/mol. The van der Waals surface area contributed by atoms with E-state index in [2.05, 4.69) is 48.8 Å². The van der Waals surface area contributed by atoms with Crippen LogP contribution in [0, 0.1) is 6.92 Å².